The summed E-state index contributed by atoms with van der Waals surface area (Å²) in [6.07, 6.45) is 7.05. The normalized spacial score (nSPS) is 20.5. The van der Waals surface area contributed by atoms with Gasteiger partial charge in [-0.2, -0.15) is 0 Å². The molecule has 0 radical (unpaired) electrons. The zero-order valence-corrected chi connectivity index (χ0v) is 17.5. The molecule has 1 saturated heterocycles. The van der Waals surface area contributed by atoms with Crippen LogP contribution >= 0.6 is 11.6 Å². The maximum atomic E-state index is 12.8. The van der Waals surface area contributed by atoms with Crippen LogP contribution in [0.5, 0.6) is 0 Å². The molecule has 0 atom stereocenters. The first-order valence-corrected chi connectivity index (χ1v) is 11.8. The molecule has 0 unspecified atom stereocenters. The zero-order valence-electron chi connectivity index (χ0n) is 15.9. The minimum Gasteiger partial charge on any atom is -0.343 e. The number of hydrogen-bond acceptors (Lipinski definition) is 3. The van der Waals surface area contributed by atoms with Crippen LogP contribution in [0.15, 0.2) is 24.3 Å². The molecule has 0 aromatic heterocycles. The van der Waals surface area contributed by atoms with E-state index in [1.807, 2.05) is 11.9 Å². The molecule has 0 N–H and O–H groups in total. The van der Waals surface area contributed by atoms with Crippen LogP contribution in [-0.2, 0) is 20.6 Å². The first-order chi connectivity index (χ1) is 12.9. The molecule has 0 bridgehead atoms. The summed E-state index contributed by atoms with van der Waals surface area (Å²) in [5, 5.41) is 0.540. The average Bonchev–Trinajstić information content (AvgIpc) is 2.67. The van der Waals surface area contributed by atoms with Crippen molar-refractivity contribution < 1.29 is 13.2 Å². The number of hydrogen-bond donors (Lipinski definition) is 0. The average molecular weight is 413 g/mol. The van der Waals surface area contributed by atoms with E-state index < -0.39 is 10.0 Å². The molecule has 3 rings (SSSR count). The number of sulfonamides is 1. The third-order valence-corrected chi connectivity index (χ3v) is 7.99. The van der Waals surface area contributed by atoms with Crippen molar-refractivity contribution in [1.82, 2.24) is 9.21 Å². The summed E-state index contributed by atoms with van der Waals surface area (Å²) in [7, 11) is -1.48. The van der Waals surface area contributed by atoms with Gasteiger partial charge in [0.05, 0.1) is 5.75 Å². The lowest BCUT2D eigenvalue weighted by molar-refractivity contribution is -0.138. The Morgan fingerprint density at radius 1 is 1.15 bits per heavy atom. The van der Waals surface area contributed by atoms with Crippen LogP contribution in [0.1, 0.15) is 50.5 Å². The second-order valence-corrected chi connectivity index (χ2v) is 10.2. The third kappa shape index (κ3) is 5.24. The molecule has 2 fully saturated rings. The van der Waals surface area contributed by atoms with Gasteiger partial charge in [-0.15, -0.1) is 0 Å². The van der Waals surface area contributed by atoms with Crippen molar-refractivity contribution in [3.8, 4) is 0 Å². The summed E-state index contributed by atoms with van der Waals surface area (Å²) in [4.78, 5) is 14.8. The number of carbonyl (C=O) groups is 1. The van der Waals surface area contributed by atoms with Crippen LogP contribution in [0.4, 0.5) is 0 Å². The largest absolute Gasteiger partial charge is 0.343 e. The molecule has 7 heteroatoms. The van der Waals surface area contributed by atoms with Gasteiger partial charge in [0.2, 0.25) is 15.9 Å². The van der Waals surface area contributed by atoms with Gasteiger partial charge in [-0.3, -0.25) is 4.79 Å². The molecule has 27 heavy (non-hydrogen) atoms. The van der Waals surface area contributed by atoms with Gasteiger partial charge >= 0.3 is 0 Å². The summed E-state index contributed by atoms with van der Waals surface area (Å²) >= 11 is 5.96. The molecule has 1 amide bonds. The molecule has 5 nitrogen and oxygen atoms in total. The van der Waals surface area contributed by atoms with E-state index in [4.69, 9.17) is 11.6 Å². The highest BCUT2D eigenvalue weighted by molar-refractivity contribution is 7.88. The lowest BCUT2D eigenvalue weighted by Gasteiger charge is -2.36. The molecule has 1 heterocycles. The Hall–Kier alpha value is -1.11. The molecule has 1 aliphatic heterocycles. The minimum absolute atomic E-state index is 0.0475. The van der Waals surface area contributed by atoms with Crippen molar-refractivity contribution in [3.63, 3.8) is 0 Å². The monoisotopic (exact) mass is 412 g/mol. The highest BCUT2D eigenvalue weighted by atomic mass is 35.5. The topological polar surface area (TPSA) is 57.7 Å². The highest BCUT2D eigenvalue weighted by Gasteiger charge is 2.34. The van der Waals surface area contributed by atoms with Gasteiger partial charge in [0.25, 0.3) is 0 Å². The summed E-state index contributed by atoms with van der Waals surface area (Å²) < 4.78 is 26.9. The van der Waals surface area contributed by atoms with Crippen molar-refractivity contribution in [2.45, 2.75) is 56.7 Å². The second kappa shape index (κ2) is 8.93. The SMILES string of the molecule is CN(C(=O)C1CCN(S(=O)(=O)Cc2cccc(Cl)c2)CC1)C1CCCCC1. The van der Waals surface area contributed by atoms with Gasteiger partial charge in [-0.25, -0.2) is 12.7 Å². The van der Waals surface area contributed by atoms with Crippen LogP contribution in [0.3, 0.4) is 0 Å². The maximum absolute atomic E-state index is 12.8. The number of benzene rings is 1. The Kier molecular flexibility index (Phi) is 6.82. The lowest BCUT2D eigenvalue weighted by atomic mass is 9.91. The Bertz CT molecular complexity index is 754. The first-order valence-electron chi connectivity index (χ1n) is 9.86. The molecule has 0 spiro atoms. The summed E-state index contributed by atoms with van der Waals surface area (Å²) in [6.45, 7) is 0.829. The van der Waals surface area contributed by atoms with E-state index in [0.29, 0.717) is 42.6 Å². The summed E-state index contributed by atoms with van der Waals surface area (Å²) in [5.74, 6) is 0.0806. The van der Waals surface area contributed by atoms with E-state index in [9.17, 15) is 13.2 Å². The van der Waals surface area contributed by atoms with Crippen LogP contribution in [0, 0.1) is 5.92 Å². The molecule has 1 saturated carbocycles. The quantitative estimate of drug-likeness (QED) is 0.741. The van der Waals surface area contributed by atoms with Gasteiger partial charge in [0.15, 0.2) is 0 Å². The van der Waals surface area contributed by atoms with Crippen LogP contribution in [0.2, 0.25) is 5.02 Å². The molecule has 2 aliphatic rings. The van der Waals surface area contributed by atoms with Gasteiger partial charge in [-0.1, -0.05) is 43.0 Å². The fourth-order valence-electron chi connectivity index (χ4n) is 4.25. The Labute approximate surface area is 167 Å². The van der Waals surface area contributed by atoms with E-state index in [2.05, 4.69) is 0 Å². The number of amides is 1. The fraction of sp³-hybridized carbons (Fsp3) is 0.650. The van der Waals surface area contributed by atoms with Gasteiger partial charge in [0, 0.05) is 37.1 Å². The lowest BCUT2D eigenvalue weighted by Crippen LogP contribution is -2.46. The number of carbonyl (C=O) groups excluding carboxylic acids is 1. The number of halogens is 1. The van der Waals surface area contributed by atoms with Crippen LogP contribution in [0.25, 0.3) is 0 Å². The van der Waals surface area contributed by atoms with E-state index >= 15 is 0 Å². The zero-order chi connectivity index (χ0) is 19.4. The van der Waals surface area contributed by atoms with Crippen LogP contribution in [-0.4, -0.2) is 49.7 Å². The van der Waals surface area contributed by atoms with E-state index in [0.717, 1.165) is 12.8 Å². The summed E-state index contributed by atoms with van der Waals surface area (Å²) in [6, 6.07) is 7.32. The third-order valence-electron chi connectivity index (χ3n) is 5.90. The molecular formula is C20H29ClN2O3S. The van der Waals surface area contributed by atoms with Crippen molar-refractivity contribution in [1.29, 1.82) is 0 Å². The van der Waals surface area contributed by atoms with Crippen molar-refractivity contribution >= 4 is 27.5 Å². The van der Waals surface area contributed by atoms with Crippen molar-refractivity contribution in [2.24, 2.45) is 5.92 Å². The molecule has 1 aliphatic carbocycles. The number of piperidine rings is 1. The maximum Gasteiger partial charge on any atom is 0.225 e. The van der Waals surface area contributed by atoms with Crippen LogP contribution < -0.4 is 0 Å². The van der Waals surface area contributed by atoms with E-state index in [-0.39, 0.29) is 17.6 Å². The molecule has 1 aromatic rings. The highest BCUT2D eigenvalue weighted by Crippen LogP contribution is 2.27. The van der Waals surface area contributed by atoms with Crippen molar-refractivity contribution in [3.05, 3.63) is 34.9 Å². The standard InChI is InChI=1S/C20H29ClN2O3S/c1-22(19-8-3-2-4-9-19)20(24)17-10-12-23(13-11-17)27(25,26)15-16-6-5-7-18(21)14-16/h5-7,14,17,19H,2-4,8-13,15H2,1H3. The molecule has 1 aromatic carbocycles. The fourth-order valence-corrected chi connectivity index (χ4v) is 6.01. The molecular weight excluding hydrogens is 384 g/mol. The predicted molar refractivity (Wildman–Crippen MR) is 108 cm³/mol. The number of nitrogens with zero attached hydrogens (tertiary/aromatic N) is 2. The smallest absolute Gasteiger partial charge is 0.225 e. The second-order valence-electron chi connectivity index (χ2n) is 7.80. The van der Waals surface area contributed by atoms with Gasteiger partial charge in [0.1, 0.15) is 0 Å². The predicted octanol–water partition coefficient (Wildman–Crippen LogP) is 3.67. The molecule has 150 valence electrons. The Morgan fingerprint density at radius 2 is 1.81 bits per heavy atom. The minimum atomic E-state index is -3.39. The summed E-state index contributed by atoms with van der Waals surface area (Å²) in [5.41, 5.74) is 0.692. The van der Waals surface area contributed by atoms with E-state index in [1.165, 1.54) is 23.6 Å². The Balaban J connectivity index is 1.55. The van der Waals surface area contributed by atoms with E-state index in [1.54, 1.807) is 24.3 Å². The van der Waals surface area contributed by atoms with Gasteiger partial charge in [-0.05, 0) is 43.4 Å². The van der Waals surface area contributed by atoms with Gasteiger partial charge < -0.3 is 4.90 Å². The Morgan fingerprint density at radius 3 is 2.44 bits per heavy atom. The number of rotatable bonds is 5. The first kappa shape index (κ1) is 20.6. The van der Waals surface area contributed by atoms with Crippen molar-refractivity contribution in [2.75, 3.05) is 20.1 Å².